The van der Waals surface area contributed by atoms with Crippen molar-refractivity contribution in [2.24, 2.45) is 0 Å². The highest BCUT2D eigenvalue weighted by Crippen LogP contribution is 2.17. The van der Waals surface area contributed by atoms with Crippen molar-refractivity contribution in [3.63, 3.8) is 0 Å². The van der Waals surface area contributed by atoms with E-state index in [1.54, 1.807) is 12.3 Å². The minimum Gasteiger partial charge on any atom is -0.477 e. The Morgan fingerprint density at radius 1 is 1.44 bits per heavy atom. The molecule has 0 radical (unpaired) electrons. The molecule has 5 heteroatoms. The highest BCUT2D eigenvalue weighted by atomic mass is 32.1. The third-order valence-electron chi connectivity index (χ3n) is 2.59. The zero-order valence-corrected chi connectivity index (χ0v) is 10.8. The summed E-state index contributed by atoms with van der Waals surface area (Å²) in [4.78, 5) is 16.4. The number of carbonyl (C=O) groups is 1. The van der Waals surface area contributed by atoms with Crippen LogP contribution in [0.15, 0.2) is 36.5 Å². The summed E-state index contributed by atoms with van der Waals surface area (Å²) in [6, 6.07) is 9.42. The Balaban J connectivity index is 1.93. The van der Waals surface area contributed by atoms with Gasteiger partial charge in [0.05, 0.1) is 5.69 Å². The number of nitrogens with one attached hydrogen (secondary N) is 1. The predicted molar refractivity (Wildman–Crippen MR) is 70.8 cm³/mol. The molecule has 0 fully saturated rings. The SMILES string of the molecule is C[C@@H](NCc1ccc(C(=O)O)s1)c1ccccn1. The number of pyridine rings is 1. The zero-order chi connectivity index (χ0) is 13.0. The molecule has 1 atom stereocenters. The van der Waals surface area contributed by atoms with Crippen LogP contribution in [0.3, 0.4) is 0 Å². The first-order chi connectivity index (χ1) is 8.66. The van der Waals surface area contributed by atoms with Crippen LogP contribution in [0.4, 0.5) is 0 Å². The summed E-state index contributed by atoms with van der Waals surface area (Å²) >= 11 is 1.30. The van der Waals surface area contributed by atoms with Crippen LogP contribution in [-0.4, -0.2) is 16.1 Å². The van der Waals surface area contributed by atoms with Crippen molar-refractivity contribution in [3.8, 4) is 0 Å². The van der Waals surface area contributed by atoms with Crippen molar-refractivity contribution >= 4 is 17.3 Å². The lowest BCUT2D eigenvalue weighted by Crippen LogP contribution is -2.18. The number of carboxylic acids is 1. The maximum absolute atomic E-state index is 10.8. The van der Waals surface area contributed by atoms with Crippen LogP contribution in [0, 0.1) is 0 Å². The maximum atomic E-state index is 10.8. The number of aromatic nitrogens is 1. The molecule has 18 heavy (non-hydrogen) atoms. The van der Waals surface area contributed by atoms with E-state index in [2.05, 4.69) is 10.3 Å². The standard InChI is InChI=1S/C13H14N2O2S/c1-9(11-4-2-3-7-14-11)15-8-10-5-6-12(18-10)13(16)17/h2-7,9,15H,8H2,1H3,(H,16,17)/t9-/m1/s1. The molecule has 2 aromatic rings. The smallest absolute Gasteiger partial charge is 0.345 e. The van der Waals surface area contributed by atoms with Crippen molar-refractivity contribution in [1.82, 2.24) is 10.3 Å². The van der Waals surface area contributed by atoms with Crippen molar-refractivity contribution in [3.05, 3.63) is 52.0 Å². The first-order valence-electron chi connectivity index (χ1n) is 5.63. The van der Waals surface area contributed by atoms with Gasteiger partial charge in [0.2, 0.25) is 0 Å². The fraction of sp³-hybridized carbons (Fsp3) is 0.231. The Labute approximate surface area is 109 Å². The molecule has 0 saturated heterocycles. The van der Waals surface area contributed by atoms with E-state index in [1.807, 2.05) is 31.2 Å². The van der Waals surface area contributed by atoms with E-state index in [-0.39, 0.29) is 6.04 Å². The number of hydrogen-bond donors (Lipinski definition) is 2. The number of carboxylic acid groups (broad SMARTS) is 1. The molecule has 4 nitrogen and oxygen atoms in total. The van der Waals surface area contributed by atoms with Gasteiger partial charge >= 0.3 is 5.97 Å². The third kappa shape index (κ3) is 3.15. The Kier molecular flexibility index (Phi) is 4.07. The van der Waals surface area contributed by atoms with Crippen LogP contribution in [0.25, 0.3) is 0 Å². The summed E-state index contributed by atoms with van der Waals surface area (Å²) < 4.78 is 0. The molecule has 0 aromatic carbocycles. The molecule has 0 aliphatic carbocycles. The molecule has 2 rings (SSSR count). The number of hydrogen-bond acceptors (Lipinski definition) is 4. The van der Waals surface area contributed by atoms with E-state index in [1.165, 1.54) is 11.3 Å². The average molecular weight is 262 g/mol. The van der Waals surface area contributed by atoms with Gasteiger partial charge < -0.3 is 10.4 Å². The zero-order valence-electron chi connectivity index (χ0n) is 9.96. The maximum Gasteiger partial charge on any atom is 0.345 e. The van der Waals surface area contributed by atoms with E-state index in [0.29, 0.717) is 11.4 Å². The molecule has 2 aromatic heterocycles. The predicted octanol–water partition coefficient (Wildman–Crippen LogP) is 2.69. The minimum atomic E-state index is -0.871. The van der Waals surface area contributed by atoms with Crippen LogP contribution in [0.5, 0.6) is 0 Å². The molecule has 0 amide bonds. The monoisotopic (exact) mass is 262 g/mol. The van der Waals surface area contributed by atoms with E-state index >= 15 is 0 Å². The first kappa shape index (κ1) is 12.7. The summed E-state index contributed by atoms with van der Waals surface area (Å²) in [5.41, 5.74) is 0.979. The first-order valence-corrected chi connectivity index (χ1v) is 6.45. The Morgan fingerprint density at radius 2 is 2.28 bits per heavy atom. The number of rotatable bonds is 5. The van der Waals surface area contributed by atoms with E-state index in [0.717, 1.165) is 10.6 Å². The fourth-order valence-electron chi connectivity index (χ4n) is 1.58. The summed E-state index contributed by atoms with van der Waals surface area (Å²) in [5, 5.41) is 12.2. The van der Waals surface area contributed by atoms with Gasteiger partial charge in [-0.25, -0.2) is 4.79 Å². The molecule has 0 aliphatic rings. The van der Waals surface area contributed by atoms with Crippen molar-refractivity contribution in [1.29, 1.82) is 0 Å². The summed E-state index contributed by atoms with van der Waals surface area (Å²) in [6.07, 6.45) is 1.77. The lowest BCUT2D eigenvalue weighted by molar-refractivity contribution is 0.0702. The Bertz CT molecular complexity index is 525. The molecule has 0 bridgehead atoms. The molecule has 0 unspecified atom stereocenters. The largest absolute Gasteiger partial charge is 0.477 e. The number of nitrogens with zero attached hydrogens (tertiary/aromatic N) is 1. The molecule has 0 saturated carbocycles. The molecule has 2 heterocycles. The highest BCUT2D eigenvalue weighted by molar-refractivity contribution is 7.13. The third-order valence-corrected chi connectivity index (χ3v) is 3.66. The van der Waals surface area contributed by atoms with Crippen LogP contribution >= 0.6 is 11.3 Å². The minimum absolute atomic E-state index is 0.140. The van der Waals surface area contributed by atoms with Crippen LogP contribution in [0.2, 0.25) is 0 Å². The Hall–Kier alpha value is -1.72. The van der Waals surface area contributed by atoms with Gasteiger partial charge in [-0.1, -0.05) is 6.07 Å². The van der Waals surface area contributed by atoms with Gasteiger partial charge in [-0.2, -0.15) is 0 Å². The van der Waals surface area contributed by atoms with Crippen molar-refractivity contribution < 1.29 is 9.90 Å². The van der Waals surface area contributed by atoms with Crippen LogP contribution < -0.4 is 5.32 Å². The summed E-state index contributed by atoms with van der Waals surface area (Å²) in [5.74, 6) is -0.871. The second-order valence-electron chi connectivity index (χ2n) is 3.93. The second kappa shape index (κ2) is 5.75. The molecular weight excluding hydrogens is 248 g/mol. The lowest BCUT2D eigenvalue weighted by atomic mass is 10.2. The fourth-order valence-corrected chi connectivity index (χ4v) is 2.38. The van der Waals surface area contributed by atoms with Gasteiger partial charge in [0.25, 0.3) is 0 Å². The van der Waals surface area contributed by atoms with E-state index < -0.39 is 5.97 Å². The molecule has 2 N–H and O–H groups in total. The molecule has 0 spiro atoms. The van der Waals surface area contributed by atoms with Gasteiger partial charge in [-0.05, 0) is 31.2 Å². The van der Waals surface area contributed by atoms with Gasteiger partial charge in [0, 0.05) is 23.7 Å². The number of thiophene rings is 1. The molecular formula is C13H14N2O2S. The quantitative estimate of drug-likeness (QED) is 0.869. The van der Waals surface area contributed by atoms with Crippen molar-refractivity contribution in [2.75, 3.05) is 0 Å². The van der Waals surface area contributed by atoms with E-state index in [4.69, 9.17) is 5.11 Å². The van der Waals surface area contributed by atoms with Gasteiger partial charge in [0.15, 0.2) is 0 Å². The molecule has 94 valence electrons. The van der Waals surface area contributed by atoms with Gasteiger partial charge in [0.1, 0.15) is 4.88 Å². The highest BCUT2D eigenvalue weighted by Gasteiger charge is 2.09. The summed E-state index contributed by atoms with van der Waals surface area (Å²) in [7, 11) is 0. The lowest BCUT2D eigenvalue weighted by Gasteiger charge is -2.11. The topological polar surface area (TPSA) is 62.2 Å². The Morgan fingerprint density at radius 3 is 2.89 bits per heavy atom. The average Bonchev–Trinajstić information content (AvgIpc) is 2.86. The van der Waals surface area contributed by atoms with Crippen molar-refractivity contribution in [2.45, 2.75) is 19.5 Å². The second-order valence-corrected chi connectivity index (χ2v) is 5.10. The van der Waals surface area contributed by atoms with Crippen LogP contribution in [-0.2, 0) is 6.54 Å². The normalized spacial score (nSPS) is 12.3. The van der Waals surface area contributed by atoms with Crippen LogP contribution in [0.1, 0.15) is 33.2 Å². The van der Waals surface area contributed by atoms with E-state index in [9.17, 15) is 4.79 Å². The van der Waals surface area contributed by atoms with Gasteiger partial charge in [-0.15, -0.1) is 11.3 Å². The summed E-state index contributed by atoms with van der Waals surface area (Å²) in [6.45, 7) is 2.68. The number of aromatic carboxylic acids is 1. The van der Waals surface area contributed by atoms with Gasteiger partial charge in [-0.3, -0.25) is 4.98 Å². The molecule has 0 aliphatic heterocycles.